The van der Waals surface area contributed by atoms with Crippen LogP contribution in [0.2, 0.25) is 0 Å². The quantitative estimate of drug-likeness (QED) is 0.861. The van der Waals surface area contributed by atoms with Crippen molar-refractivity contribution >= 4 is 17.5 Å². The van der Waals surface area contributed by atoms with Crippen molar-refractivity contribution in [3.8, 4) is 11.3 Å². The van der Waals surface area contributed by atoms with Gasteiger partial charge in [0, 0.05) is 12.1 Å². The standard InChI is InChI=1S/C12H11F4N3S/c1-2-5-17-11-10(18-20-19-11)7-3-4-8(9(13)6-7)12(14,15)16/h3-4,6H,2,5H2,1H3,(H,17,19). The molecule has 0 saturated carbocycles. The van der Waals surface area contributed by atoms with Crippen LogP contribution in [0.5, 0.6) is 0 Å². The Morgan fingerprint density at radius 1 is 1.25 bits per heavy atom. The third-order valence-electron chi connectivity index (χ3n) is 2.58. The van der Waals surface area contributed by atoms with Gasteiger partial charge in [-0.05, 0) is 18.6 Å². The Morgan fingerprint density at radius 3 is 2.60 bits per heavy atom. The molecule has 3 nitrogen and oxygen atoms in total. The van der Waals surface area contributed by atoms with Gasteiger partial charge in [-0.25, -0.2) is 4.39 Å². The molecule has 2 rings (SSSR count). The molecular weight excluding hydrogens is 294 g/mol. The fourth-order valence-corrected chi connectivity index (χ4v) is 2.18. The van der Waals surface area contributed by atoms with Crippen LogP contribution in [0.25, 0.3) is 11.3 Å². The minimum atomic E-state index is -4.70. The highest BCUT2D eigenvalue weighted by molar-refractivity contribution is 6.99. The fourth-order valence-electron chi connectivity index (χ4n) is 1.63. The highest BCUT2D eigenvalue weighted by Crippen LogP contribution is 2.34. The number of hydrogen-bond acceptors (Lipinski definition) is 4. The Hall–Kier alpha value is -1.70. The maximum atomic E-state index is 13.5. The summed E-state index contributed by atoms with van der Waals surface area (Å²) in [6.07, 6.45) is -3.84. The van der Waals surface area contributed by atoms with Crippen LogP contribution in [0.3, 0.4) is 0 Å². The van der Waals surface area contributed by atoms with Crippen LogP contribution in [-0.2, 0) is 6.18 Å². The second-order valence-corrected chi connectivity index (χ2v) is 4.61. The first-order chi connectivity index (χ1) is 9.43. The monoisotopic (exact) mass is 305 g/mol. The number of nitrogens with one attached hydrogen (secondary N) is 1. The number of rotatable bonds is 4. The molecule has 0 bridgehead atoms. The minimum Gasteiger partial charge on any atom is -0.367 e. The number of hydrogen-bond donors (Lipinski definition) is 1. The summed E-state index contributed by atoms with van der Waals surface area (Å²) in [5.74, 6) is -0.861. The summed E-state index contributed by atoms with van der Waals surface area (Å²) in [6.45, 7) is 2.62. The fraction of sp³-hybridized carbons (Fsp3) is 0.333. The van der Waals surface area contributed by atoms with Gasteiger partial charge in [-0.2, -0.15) is 21.9 Å². The van der Waals surface area contributed by atoms with Gasteiger partial charge in [-0.1, -0.05) is 13.0 Å². The van der Waals surface area contributed by atoms with Crippen LogP contribution < -0.4 is 5.32 Å². The lowest BCUT2D eigenvalue weighted by atomic mass is 10.1. The molecule has 0 aliphatic heterocycles. The van der Waals surface area contributed by atoms with E-state index in [1.165, 1.54) is 6.07 Å². The van der Waals surface area contributed by atoms with E-state index < -0.39 is 17.6 Å². The molecule has 108 valence electrons. The van der Waals surface area contributed by atoms with Crippen molar-refractivity contribution in [3.05, 3.63) is 29.6 Å². The first kappa shape index (κ1) is 14.7. The molecule has 0 fully saturated rings. The van der Waals surface area contributed by atoms with Gasteiger partial charge in [0.2, 0.25) is 0 Å². The van der Waals surface area contributed by atoms with Crippen molar-refractivity contribution in [3.63, 3.8) is 0 Å². The Labute approximate surface area is 117 Å². The van der Waals surface area contributed by atoms with Gasteiger partial charge in [0.25, 0.3) is 0 Å². The van der Waals surface area contributed by atoms with Gasteiger partial charge >= 0.3 is 6.18 Å². The maximum Gasteiger partial charge on any atom is 0.419 e. The predicted molar refractivity (Wildman–Crippen MR) is 69.1 cm³/mol. The third-order valence-corrected chi connectivity index (χ3v) is 3.11. The molecule has 0 spiro atoms. The molecule has 1 N–H and O–H groups in total. The summed E-state index contributed by atoms with van der Waals surface area (Å²) in [5.41, 5.74) is -0.661. The lowest BCUT2D eigenvalue weighted by molar-refractivity contribution is -0.139. The maximum absolute atomic E-state index is 13.5. The SMILES string of the molecule is CCCNc1nsnc1-c1ccc(C(F)(F)F)c(F)c1. The van der Waals surface area contributed by atoms with E-state index in [1.807, 2.05) is 6.92 Å². The molecule has 0 radical (unpaired) electrons. The van der Waals surface area contributed by atoms with Gasteiger partial charge in [0.15, 0.2) is 5.82 Å². The number of aromatic nitrogens is 2. The van der Waals surface area contributed by atoms with E-state index >= 15 is 0 Å². The van der Waals surface area contributed by atoms with Gasteiger partial charge < -0.3 is 5.32 Å². The molecule has 0 aliphatic rings. The number of halogens is 4. The molecule has 0 amide bonds. The van der Waals surface area contributed by atoms with Crippen molar-refractivity contribution in [1.82, 2.24) is 8.75 Å². The molecule has 20 heavy (non-hydrogen) atoms. The van der Waals surface area contributed by atoms with Crippen molar-refractivity contribution in [1.29, 1.82) is 0 Å². The van der Waals surface area contributed by atoms with E-state index in [2.05, 4.69) is 14.1 Å². The molecule has 1 aromatic heterocycles. The third kappa shape index (κ3) is 3.06. The highest BCUT2D eigenvalue weighted by Gasteiger charge is 2.34. The number of nitrogens with zero attached hydrogens (tertiary/aromatic N) is 2. The average molecular weight is 305 g/mol. The summed E-state index contributed by atoms with van der Waals surface area (Å²) in [6, 6.07) is 2.74. The summed E-state index contributed by atoms with van der Waals surface area (Å²) in [4.78, 5) is 0. The van der Waals surface area contributed by atoms with Crippen LogP contribution in [0, 0.1) is 5.82 Å². The first-order valence-electron chi connectivity index (χ1n) is 5.87. The average Bonchev–Trinajstić information content (AvgIpc) is 2.82. The van der Waals surface area contributed by atoms with Crippen molar-refractivity contribution in [2.45, 2.75) is 19.5 Å². The lowest BCUT2D eigenvalue weighted by Crippen LogP contribution is -2.08. The number of alkyl halides is 3. The van der Waals surface area contributed by atoms with Crippen LogP contribution in [-0.4, -0.2) is 15.3 Å². The van der Waals surface area contributed by atoms with Crippen LogP contribution in [0.15, 0.2) is 18.2 Å². The molecule has 1 aromatic carbocycles. The zero-order chi connectivity index (χ0) is 14.8. The second kappa shape index (κ2) is 5.74. The van der Waals surface area contributed by atoms with Crippen molar-refractivity contribution < 1.29 is 17.6 Å². The first-order valence-corrected chi connectivity index (χ1v) is 6.60. The Bertz CT molecular complexity index is 595. The number of benzene rings is 1. The second-order valence-electron chi connectivity index (χ2n) is 4.08. The largest absolute Gasteiger partial charge is 0.419 e. The van der Waals surface area contributed by atoms with Gasteiger partial charge in [-0.3, -0.25) is 0 Å². The molecule has 8 heteroatoms. The zero-order valence-electron chi connectivity index (χ0n) is 10.5. The molecule has 0 atom stereocenters. The molecule has 0 aliphatic carbocycles. The Balaban J connectivity index is 2.35. The minimum absolute atomic E-state index is 0.267. The topological polar surface area (TPSA) is 37.8 Å². The Morgan fingerprint density at radius 2 is 2.00 bits per heavy atom. The summed E-state index contributed by atoms with van der Waals surface area (Å²) < 4.78 is 59.0. The zero-order valence-corrected chi connectivity index (χ0v) is 11.3. The Kier molecular flexibility index (Phi) is 4.22. The normalized spacial score (nSPS) is 11.7. The highest BCUT2D eigenvalue weighted by atomic mass is 32.1. The molecular formula is C12H11F4N3S. The van der Waals surface area contributed by atoms with Crippen LogP contribution in [0.1, 0.15) is 18.9 Å². The predicted octanol–water partition coefficient (Wildman–Crippen LogP) is 4.18. The summed E-state index contributed by atoms with van der Waals surface area (Å²) in [7, 11) is 0. The molecule has 2 aromatic rings. The van der Waals surface area contributed by atoms with E-state index in [0.717, 1.165) is 24.2 Å². The number of anilines is 1. The van der Waals surface area contributed by atoms with E-state index in [9.17, 15) is 17.6 Å². The van der Waals surface area contributed by atoms with Gasteiger partial charge in [0.1, 0.15) is 11.5 Å². The van der Waals surface area contributed by atoms with Gasteiger partial charge in [0.05, 0.1) is 17.3 Å². The summed E-state index contributed by atoms with van der Waals surface area (Å²) in [5, 5.41) is 3.00. The van der Waals surface area contributed by atoms with Gasteiger partial charge in [-0.15, -0.1) is 0 Å². The van der Waals surface area contributed by atoms with E-state index in [-0.39, 0.29) is 5.56 Å². The summed E-state index contributed by atoms with van der Waals surface area (Å²) >= 11 is 0.920. The van der Waals surface area contributed by atoms with E-state index in [1.54, 1.807) is 0 Å². The smallest absolute Gasteiger partial charge is 0.367 e. The van der Waals surface area contributed by atoms with E-state index in [4.69, 9.17) is 0 Å². The van der Waals surface area contributed by atoms with Crippen LogP contribution in [0.4, 0.5) is 23.4 Å². The molecule has 1 heterocycles. The molecule has 0 unspecified atom stereocenters. The molecule has 0 saturated heterocycles. The van der Waals surface area contributed by atoms with Crippen molar-refractivity contribution in [2.24, 2.45) is 0 Å². The van der Waals surface area contributed by atoms with Crippen molar-refractivity contribution in [2.75, 3.05) is 11.9 Å². The van der Waals surface area contributed by atoms with E-state index in [0.29, 0.717) is 24.1 Å². The van der Waals surface area contributed by atoms with Crippen LogP contribution >= 0.6 is 11.7 Å². The lowest BCUT2D eigenvalue weighted by Gasteiger charge is -2.09.